The molecule has 4 rings (SSSR count). The van der Waals surface area contributed by atoms with Gasteiger partial charge in [-0.2, -0.15) is 0 Å². The number of aromatic nitrogens is 2. The highest BCUT2D eigenvalue weighted by atomic mass is 32.2. The number of halogens is 2. The van der Waals surface area contributed by atoms with E-state index in [9.17, 15) is 17.2 Å². The predicted octanol–water partition coefficient (Wildman–Crippen LogP) is 4.75. The molecule has 0 saturated heterocycles. The molecule has 2 aromatic carbocycles. The molecular formula is C25H22F2N4O3S. The van der Waals surface area contributed by atoms with E-state index in [0.29, 0.717) is 18.2 Å². The highest BCUT2D eigenvalue weighted by Crippen LogP contribution is 2.33. The van der Waals surface area contributed by atoms with Crippen LogP contribution in [-0.2, 0) is 10.0 Å². The summed E-state index contributed by atoms with van der Waals surface area (Å²) >= 11 is 0. The second-order valence-electron chi connectivity index (χ2n) is 7.67. The Morgan fingerprint density at radius 1 is 1.09 bits per heavy atom. The van der Waals surface area contributed by atoms with E-state index in [1.807, 2.05) is 37.3 Å². The maximum absolute atomic E-state index is 14.2. The van der Waals surface area contributed by atoms with Crippen molar-refractivity contribution in [1.29, 1.82) is 0 Å². The first-order valence-corrected chi connectivity index (χ1v) is 12.0. The first-order valence-electron chi connectivity index (χ1n) is 10.5. The number of hydrogen-bond donors (Lipinski definition) is 2. The highest BCUT2D eigenvalue weighted by Gasteiger charge is 2.22. The molecule has 0 aliphatic carbocycles. The van der Waals surface area contributed by atoms with Gasteiger partial charge in [0.2, 0.25) is 5.88 Å². The van der Waals surface area contributed by atoms with E-state index in [1.165, 1.54) is 19.4 Å². The van der Waals surface area contributed by atoms with Crippen LogP contribution in [0, 0.1) is 11.6 Å². The summed E-state index contributed by atoms with van der Waals surface area (Å²) in [4.78, 5) is 7.92. The first-order chi connectivity index (χ1) is 16.7. The number of fused-ring (bicyclic) bond motifs is 1. The Morgan fingerprint density at radius 3 is 2.60 bits per heavy atom. The third kappa shape index (κ3) is 4.98. The lowest BCUT2D eigenvalue weighted by atomic mass is 9.98. The number of anilines is 1. The average molecular weight is 497 g/mol. The van der Waals surface area contributed by atoms with Gasteiger partial charge in [-0.15, -0.1) is 0 Å². The van der Waals surface area contributed by atoms with Gasteiger partial charge in [0.25, 0.3) is 10.0 Å². The third-order valence-electron chi connectivity index (χ3n) is 5.40. The molecule has 0 aliphatic rings. The number of sulfonamides is 1. The summed E-state index contributed by atoms with van der Waals surface area (Å²) in [5.41, 5.74) is 9.76. The lowest BCUT2D eigenvalue weighted by molar-refractivity contribution is 0.400. The predicted molar refractivity (Wildman–Crippen MR) is 131 cm³/mol. The maximum Gasteiger partial charge on any atom is 0.264 e. The number of hydrogen-bond acceptors (Lipinski definition) is 6. The molecule has 2 heterocycles. The second-order valence-corrected chi connectivity index (χ2v) is 9.33. The zero-order valence-electron chi connectivity index (χ0n) is 18.9. The molecule has 0 amide bonds. The van der Waals surface area contributed by atoms with Gasteiger partial charge in [0.05, 0.1) is 12.6 Å². The average Bonchev–Trinajstić information content (AvgIpc) is 2.83. The smallest absolute Gasteiger partial charge is 0.264 e. The van der Waals surface area contributed by atoms with Crippen LogP contribution in [0.1, 0.15) is 12.5 Å². The zero-order valence-corrected chi connectivity index (χ0v) is 19.7. The van der Waals surface area contributed by atoms with Crippen LogP contribution >= 0.6 is 0 Å². The fourth-order valence-electron chi connectivity index (χ4n) is 3.70. The molecule has 180 valence electrons. The van der Waals surface area contributed by atoms with E-state index in [-0.39, 0.29) is 11.6 Å². The second kappa shape index (κ2) is 9.77. The van der Waals surface area contributed by atoms with Crippen LogP contribution in [0.5, 0.6) is 5.88 Å². The van der Waals surface area contributed by atoms with Crippen molar-refractivity contribution in [3.05, 3.63) is 84.2 Å². The van der Waals surface area contributed by atoms with Crippen LogP contribution in [0.25, 0.3) is 27.6 Å². The first kappa shape index (κ1) is 24.2. The minimum absolute atomic E-state index is 0.000518. The molecule has 0 spiro atoms. The molecular weight excluding hydrogens is 474 g/mol. The minimum atomic E-state index is -4.39. The van der Waals surface area contributed by atoms with Gasteiger partial charge in [0, 0.05) is 36.0 Å². The number of pyridine rings is 2. The number of nitrogens with two attached hydrogens (primary N) is 1. The molecule has 10 heteroatoms. The summed E-state index contributed by atoms with van der Waals surface area (Å²) in [5.74, 6) is -2.11. The van der Waals surface area contributed by atoms with Crippen LogP contribution in [-0.4, -0.2) is 32.0 Å². The molecule has 0 unspecified atom stereocenters. The Kier molecular flexibility index (Phi) is 6.77. The van der Waals surface area contributed by atoms with Crippen LogP contribution in [0.4, 0.5) is 14.5 Å². The van der Waals surface area contributed by atoms with E-state index >= 15 is 0 Å². The lowest BCUT2D eigenvalue weighted by Gasteiger charge is -2.14. The van der Waals surface area contributed by atoms with Crippen molar-refractivity contribution in [2.24, 2.45) is 5.73 Å². The third-order valence-corrected chi connectivity index (χ3v) is 6.79. The number of allylic oxidation sites excluding steroid dienone is 1. The molecule has 0 bridgehead atoms. The Balaban J connectivity index is 1.79. The van der Waals surface area contributed by atoms with Gasteiger partial charge in [-0.25, -0.2) is 22.2 Å². The molecule has 2 aromatic heterocycles. The van der Waals surface area contributed by atoms with Crippen LogP contribution in [0.15, 0.2) is 71.9 Å². The topological polar surface area (TPSA) is 107 Å². The van der Waals surface area contributed by atoms with Crippen molar-refractivity contribution in [1.82, 2.24) is 9.97 Å². The summed E-state index contributed by atoms with van der Waals surface area (Å²) in [7, 11) is -3.06. The van der Waals surface area contributed by atoms with Gasteiger partial charge >= 0.3 is 0 Å². The lowest BCUT2D eigenvalue weighted by Crippen LogP contribution is -2.15. The van der Waals surface area contributed by atoms with Crippen molar-refractivity contribution in [2.45, 2.75) is 11.8 Å². The summed E-state index contributed by atoms with van der Waals surface area (Å²) in [6.07, 6.45) is 5.17. The number of rotatable bonds is 7. The molecule has 3 N–H and O–H groups in total. The van der Waals surface area contributed by atoms with Gasteiger partial charge in [-0.05, 0) is 60.0 Å². The Morgan fingerprint density at radius 2 is 1.89 bits per heavy atom. The zero-order chi connectivity index (χ0) is 25.2. The summed E-state index contributed by atoms with van der Waals surface area (Å²) < 4.78 is 60.5. The largest absolute Gasteiger partial charge is 0.480 e. The fraction of sp³-hybridized carbons (Fsp3) is 0.120. The molecule has 0 fully saturated rings. The van der Waals surface area contributed by atoms with Crippen LogP contribution < -0.4 is 15.2 Å². The van der Waals surface area contributed by atoms with Gasteiger partial charge < -0.3 is 10.5 Å². The van der Waals surface area contributed by atoms with E-state index in [0.717, 1.165) is 39.7 Å². The number of methoxy groups -OCH3 is 1. The molecule has 35 heavy (non-hydrogen) atoms. The van der Waals surface area contributed by atoms with E-state index in [1.54, 1.807) is 6.20 Å². The molecule has 0 atom stereocenters. The number of nitrogens with zero attached hydrogens (tertiary/aromatic N) is 2. The van der Waals surface area contributed by atoms with E-state index in [2.05, 4.69) is 14.7 Å². The highest BCUT2D eigenvalue weighted by molar-refractivity contribution is 7.92. The van der Waals surface area contributed by atoms with Gasteiger partial charge in [-0.3, -0.25) is 9.71 Å². The quantitative estimate of drug-likeness (QED) is 0.383. The van der Waals surface area contributed by atoms with Crippen molar-refractivity contribution in [3.63, 3.8) is 0 Å². The number of benzene rings is 2. The van der Waals surface area contributed by atoms with Crippen LogP contribution in [0.2, 0.25) is 0 Å². The molecule has 0 aliphatic heterocycles. The van der Waals surface area contributed by atoms with Crippen molar-refractivity contribution in [2.75, 3.05) is 18.4 Å². The molecule has 7 nitrogen and oxygen atoms in total. The fourth-order valence-corrected chi connectivity index (χ4v) is 4.80. The summed E-state index contributed by atoms with van der Waals surface area (Å²) in [6.45, 7) is 2.36. The molecule has 0 radical (unpaired) electrons. The number of ether oxygens (including phenoxy) is 1. The van der Waals surface area contributed by atoms with Crippen molar-refractivity contribution in [3.8, 4) is 17.0 Å². The van der Waals surface area contributed by atoms with E-state index < -0.39 is 26.6 Å². The van der Waals surface area contributed by atoms with Gasteiger partial charge in [0.1, 0.15) is 22.2 Å². The molecule has 0 saturated carbocycles. The monoisotopic (exact) mass is 496 g/mol. The normalized spacial score (nSPS) is 12.1. The van der Waals surface area contributed by atoms with Gasteiger partial charge in [-0.1, -0.05) is 12.1 Å². The summed E-state index contributed by atoms with van der Waals surface area (Å²) in [5, 5.41) is 0.888. The van der Waals surface area contributed by atoms with Crippen molar-refractivity contribution >= 4 is 32.2 Å². The Labute approximate surface area is 201 Å². The maximum atomic E-state index is 14.2. The van der Waals surface area contributed by atoms with E-state index in [4.69, 9.17) is 10.5 Å². The minimum Gasteiger partial charge on any atom is -0.480 e. The standard InChI is InChI=1S/C25H22F2N4O3S/c1-15(7-9-28)19-8-10-29-22-5-3-16(11-20(19)22)17-12-23(25(34-2)30-14-17)31-35(32,33)24-6-4-18(26)13-21(24)27/h3-8,10-14,31H,9,28H2,1-2H3/b15-7+. The Bertz CT molecular complexity index is 1560. The Hall–Kier alpha value is -3.89. The van der Waals surface area contributed by atoms with Crippen molar-refractivity contribution < 1.29 is 21.9 Å². The summed E-state index contributed by atoms with van der Waals surface area (Å²) in [6, 6.07) is 11.3. The SMILES string of the molecule is COc1ncc(-c2ccc3nccc(/C(C)=C/CN)c3c2)cc1NS(=O)(=O)c1ccc(F)cc1F. The van der Waals surface area contributed by atoms with Crippen LogP contribution in [0.3, 0.4) is 0 Å². The number of nitrogens with one attached hydrogen (secondary N) is 1. The van der Waals surface area contributed by atoms with Gasteiger partial charge in [0.15, 0.2) is 0 Å². The molecule has 4 aromatic rings.